The number of allylic oxidation sites excluding steroid dienone is 1. The van der Waals surface area contributed by atoms with Crippen LogP contribution in [0.15, 0.2) is 30.5 Å². The van der Waals surface area contributed by atoms with Gasteiger partial charge in [-0.15, -0.1) is 10.2 Å². The number of methoxy groups -OCH3 is 1. The van der Waals surface area contributed by atoms with Crippen molar-refractivity contribution >= 4 is 11.3 Å². The average molecular weight is 286 g/mol. The van der Waals surface area contributed by atoms with Gasteiger partial charge in [-0.1, -0.05) is 6.07 Å². The number of benzene rings is 1. The number of nitrogens with one attached hydrogen (secondary N) is 2. The van der Waals surface area contributed by atoms with Gasteiger partial charge in [0.15, 0.2) is 0 Å². The van der Waals surface area contributed by atoms with Gasteiger partial charge in [0, 0.05) is 25.1 Å². The van der Waals surface area contributed by atoms with Gasteiger partial charge in [0.2, 0.25) is 5.82 Å². The van der Waals surface area contributed by atoms with Gasteiger partial charge in [-0.3, -0.25) is 0 Å². The molecule has 0 bridgehead atoms. The summed E-state index contributed by atoms with van der Waals surface area (Å²) in [5.74, 6) is 0.945. The molecule has 108 valence electrons. The fraction of sp³-hybridized carbons (Fsp3) is 0.231. The lowest BCUT2D eigenvalue weighted by Gasteiger charge is -2.07. The largest absolute Gasteiger partial charge is 0.491 e. The summed E-state index contributed by atoms with van der Waals surface area (Å²) >= 11 is 0. The molecule has 1 aromatic heterocycles. The number of tetrazole rings is 1. The highest BCUT2D eigenvalue weighted by molar-refractivity contribution is 5.74. The molecule has 2 N–H and O–H groups in total. The number of nitrogens with zero attached hydrogens (tertiary/aromatic N) is 4. The Morgan fingerprint density at radius 1 is 1.48 bits per heavy atom. The van der Waals surface area contributed by atoms with Crippen LogP contribution in [0.25, 0.3) is 5.57 Å². The molecule has 8 nitrogen and oxygen atoms in total. The highest BCUT2D eigenvalue weighted by Crippen LogP contribution is 2.18. The molecular formula is C13H14N6O2. The summed E-state index contributed by atoms with van der Waals surface area (Å²) < 4.78 is 10.4. The summed E-state index contributed by atoms with van der Waals surface area (Å²) in [5, 5.41) is 25.3. The van der Waals surface area contributed by atoms with Crippen molar-refractivity contribution in [3.05, 3.63) is 36.3 Å². The molecule has 2 rings (SSSR count). The number of hydrogen-bond acceptors (Lipinski definition) is 7. The SMILES string of the molecule is COCCOc1cccc(NC=C(C#N)c2nn[nH]n2)c1. The van der Waals surface area contributed by atoms with E-state index in [9.17, 15) is 0 Å². The predicted molar refractivity (Wildman–Crippen MR) is 75.2 cm³/mol. The molecular weight excluding hydrogens is 272 g/mol. The Morgan fingerprint density at radius 2 is 2.38 bits per heavy atom. The number of nitriles is 1. The third-order valence-electron chi connectivity index (χ3n) is 2.48. The highest BCUT2D eigenvalue weighted by atomic mass is 16.5. The van der Waals surface area contributed by atoms with Crippen molar-refractivity contribution in [2.24, 2.45) is 0 Å². The Morgan fingerprint density at radius 3 is 3.10 bits per heavy atom. The van der Waals surface area contributed by atoms with E-state index in [1.807, 2.05) is 30.3 Å². The van der Waals surface area contributed by atoms with Gasteiger partial charge in [-0.25, -0.2) is 0 Å². The zero-order chi connectivity index (χ0) is 14.9. The molecule has 0 aliphatic rings. The highest BCUT2D eigenvalue weighted by Gasteiger charge is 2.05. The normalized spacial score (nSPS) is 11.0. The lowest BCUT2D eigenvalue weighted by Crippen LogP contribution is -2.04. The molecule has 8 heteroatoms. The fourth-order valence-corrected chi connectivity index (χ4v) is 1.50. The molecule has 0 aliphatic carbocycles. The van der Waals surface area contributed by atoms with E-state index in [1.165, 1.54) is 6.20 Å². The number of hydrogen-bond donors (Lipinski definition) is 2. The number of aromatic amines is 1. The Kier molecular flexibility index (Phi) is 5.25. The lowest BCUT2D eigenvalue weighted by atomic mass is 10.2. The van der Waals surface area contributed by atoms with Crippen molar-refractivity contribution in [3.63, 3.8) is 0 Å². The van der Waals surface area contributed by atoms with E-state index >= 15 is 0 Å². The van der Waals surface area contributed by atoms with Crippen LogP contribution in [0.5, 0.6) is 5.75 Å². The second-order valence-electron chi connectivity index (χ2n) is 3.92. The van der Waals surface area contributed by atoms with Crippen LogP contribution in [0.3, 0.4) is 0 Å². The first kappa shape index (κ1) is 14.5. The van der Waals surface area contributed by atoms with Gasteiger partial charge >= 0.3 is 0 Å². The van der Waals surface area contributed by atoms with Crippen LogP contribution in [0.2, 0.25) is 0 Å². The van der Waals surface area contributed by atoms with Gasteiger partial charge in [0.05, 0.1) is 6.61 Å². The molecule has 0 unspecified atom stereocenters. The number of ether oxygens (including phenoxy) is 2. The Labute approximate surface area is 121 Å². The van der Waals surface area contributed by atoms with Gasteiger partial charge in [0.1, 0.15) is 24.0 Å². The molecule has 0 fully saturated rings. The van der Waals surface area contributed by atoms with Crippen molar-refractivity contribution in [3.8, 4) is 11.8 Å². The summed E-state index contributed by atoms with van der Waals surface area (Å²) in [5.41, 5.74) is 1.05. The number of aromatic nitrogens is 4. The van der Waals surface area contributed by atoms with Crippen LogP contribution in [-0.2, 0) is 4.74 Å². The van der Waals surface area contributed by atoms with E-state index in [0.717, 1.165) is 5.69 Å². The molecule has 0 spiro atoms. The summed E-state index contributed by atoms with van der Waals surface area (Å²) in [6, 6.07) is 9.35. The Hall–Kier alpha value is -2.92. The Bertz CT molecular complexity index is 632. The summed E-state index contributed by atoms with van der Waals surface area (Å²) in [6.07, 6.45) is 1.51. The third kappa shape index (κ3) is 4.29. The second-order valence-corrected chi connectivity index (χ2v) is 3.92. The average Bonchev–Trinajstić information content (AvgIpc) is 3.03. The van der Waals surface area contributed by atoms with Gasteiger partial charge in [-0.05, 0) is 17.3 Å². The first-order valence-electron chi connectivity index (χ1n) is 6.16. The van der Waals surface area contributed by atoms with Gasteiger partial charge < -0.3 is 14.8 Å². The van der Waals surface area contributed by atoms with Crippen LogP contribution in [-0.4, -0.2) is 40.9 Å². The summed E-state index contributed by atoms with van der Waals surface area (Å²) in [7, 11) is 1.62. The minimum Gasteiger partial charge on any atom is -0.491 e. The standard InChI is InChI=1S/C13H14N6O2/c1-20-5-6-21-12-4-2-3-11(7-12)15-9-10(8-14)13-16-18-19-17-13/h2-4,7,9,15H,5-6H2,1H3,(H,16,17,18,19). The van der Waals surface area contributed by atoms with Crippen molar-refractivity contribution in [1.29, 1.82) is 5.26 Å². The molecule has 1 heterocycles. The van der Waals surface area contributed by atoms with E-state index in [2.05, 4.69) is 25.9 Å². The second kappa shape index (κ2) is 7.62. The van der Waals surface area contributed by atoms with Crippen molar-refractivity contribution in [1.82, 2.24) is 20.6 Å². The maximum Gasteiger partial charge on any atom is 0.216 e. The van der Waals surface area contributed by atoms with Crippen molar-refractivity contribution in [2.45, 2.75) is 0 Å². The minimum absolute atomic E-state index is 0.234. The van der Waals surface area contributed by atoms with Crippen LogP contribution < -0.4 is 10.1 Å². The predicted octanol–water partition coefficient (Wildman–Crippen LogP) is 1.20. The number of rotatable bonds is 7. The van der Waals surface area contributed by atoms with E-state index in [-0.39, 0.29) is 11.4 Å². The maximum atomic E-state index is 9.06. The summed E-state index contributed by atoms with van der Waals surface area (Å²) in [4.78, 5) is 0. The molecule has 0 saturated carbocycles. The monoisotopic (exact) mass is 286 g/mol. The maximum absolute atomic E-state index is 9.06. The third-order valence-corrected chi connectivity index (χ3v) is 2.48. The van der Waals surface area contributed by atoms with Crippen LogP contribution in [0.1, 0.15) is 5.82 Å². The molecule has 0 aliphatic heterocycles. The minimum atomic E-state index is 0.234. The fourth-order valence-electron chi connectivity index (χ4n) is 1.50. The lowest BCUT2D eigenvalue weighted by molar-refractivity contribution is 0.146. The number of H-pyrrole nitrogens is 1. The first-order valence-corrected chi connectivity index (χ1v) is 6.16. The quantitative estimate of drug-likeness (QED) is 0.581. The topological polar surface area (TPSA) is 109 Å². The van der Waals surface area contributed by atoms with E-state index in [0.29, 0.717) is 19.0 Å². The van der Waals surface area contributed by atoms with Crippen LogP contribution in [0.4, 0.5) is 5.69 Å². The molecule has 0 saturated heterocycles. The molecule has 0 amide bonds. The number of anilines is 1. The van der Waals surface area contributed by atoms with Crippen LogP contribution in [0, 0.1) is 11.3 Å². The van der Waals surface area contributed by atoms with Crippen LogP contribution >= 0.6 is 0 Å². The van der Waals surface area contributed by atoms with Gasteiger partial charge in [0.25, 0.3) is 0 Å². The van der Waals surface area contributed by atoms with E-state index < -0.39 is 0 Å². The zero-order valence-electron chi connectivity index (χ0n) is 11.4. The molecule has 21 heavy (non-hydrogen) atoms. The van der Waals surface area contributed by atoms with E-state index in [4.69, 9.17) is 14.7 Å². The zero-order valence-corrected chi connectivity index (χ0v) is 11.4. The van der Waals surface area contributed by atoms with Gasteiger partial charge in [-0.2, -0.15) is 10.5 Å². The smallest absolute Gasteiger partial charge is 0.216 e. The molecule has 2 aromatic rings. The molecule has 1 aromatic carbocycles. The van der Waals surface area contributed by atoms with Crippen molar-refractivity contribution in [2.75, 3.05) is 25.6 Å². The molecule has 0 radical (unpaired) electrons. The first-order chi connectivity index (χ1) is 10.3. The van der Waals surface area contributed by atoms with Crippen molar-refractivity contribution < 1.29 is 9.47 Å². The molecule has 0 atom stereocenters. The van der Waals surface area contributed by atoms with E-state index in [1.54, 1.807) is 7.11 Å². The summed E-state index contributed by atoms with van der Waals surface area (Å²) in [6.45, 7) is 0.996. The Balaban J connectivity index is 2.02.